The summed E-state index contributed by atoms with van der Waals surface area (Å²) in [6.07, 6.45) is 2.77. The van der Waals surface area contributed by atoms with Gasteiger partial charge in [0, 0.05) is 50.9 Å². The van der Waals surface area contributed by atoms with Crippen LogP contribution in [0, 0.1) is 24.0 Å². The predicted octanol–water partition coefficient (Wildman–Crippen LogP) is 8.29. The minimum Gasteiger partial charge on any atom is -0.351 e. The van der Waals surface area contributed by atoms with Crippen LogP contribution in [0.15, 0.2) is 113 Å². The van der Waals surface area contributed by atoms with Crippen LogP contribution >= 0.6 is 24.0 Å². The second-order valence-corrected chi connectivity index (χ2v) is 12.0. The lowest BCUT2D eigenvalue weighted by molar-refractivity contribution is -0.384. The molecule has 1 aliphatic rings. The van der Waals surface area contributed by atoms with E-state index in [2.05, 4.69) is 90.2 Å². The van der Waals surface area contributed by atoms with Gasteiger partial charge in [-0.25, -0.2) is 0 Å². The molecule has 0 radical (unpaired) electrons. The molecular weight excluding hydrogens is 575 g/mol. The van der Waals surface area contributed by atoms with Crippen LogP contribution in [-0.4, -0.2) is 19.6 Å². The van der Waals surface area contributed by atoms with Crippen molar-refractivity contribution in [3.63, 3.8) is 0 Å². The van der Waals surface area contributed by atoms with Crippen LogP contribution in [0.25, 0.3) is 5.69 Å². The largest absolute Gasteiger partial charge is 0.351 e. The zero-order valence-electron chi connectivity index (χ0n) is 24.1. The molecule has 1 aliphatic heterocycles. The average Bonchev–Trinajstić information content (AvgIpc) is 3.52. The molecule has 1 N–H and O–H groups in total. The van der Waals surface area contributed by atoms with E-state index in [0.29, 0.717) is 5.11 Å². The summed E-state index contributed by atoms with van der Waals surface area (Å²) < 4.78 is 2.35. The lowest BCUT2D eigenvalue weighted by atomic mass is 9.96. The van der Waals surface area contributed by atoms with Crippen molar-refractivity contribution in [2.24, 2.45) is 0 Å². The van der Waals surface area contributed by atoms with Gasteiger partial charge in [0.2, 0.25) is 0 Å². The first-order chi connectivity index (χ1) is 20.9. The summed E-state index contributed by atoms with van der Waals surface area (Å²) in [5, 5.41) is 15.2. The molecule has 7 nitrogen and oxygen atoms in total. The van der Waals surface area contributed by atoms with E-state index in [1.807, 2.05) is 24.4 Å². The number of pyridine rings is 1. The quantitative estimate of drug-likeness (QED) is 0.108. The van der Waals surface area contributed by atoms with Crippen molar-refractivity contribution in [1.82, 2.24) is 14.9 Å². The number of hydrogen-bond donors (Lipinski definition) is 1. The number of aryl methyl sites for hydroxylation is 2. The number of anilines is 1. The number of nitrogens with one attached hydrogen (secondary N) is 1. The summed E-state index contributed by atoms with van der Waals surface area (Å²) >= 11 is 7.54. The molecule has 9 heteroatoms. The Balaban J connectivity index is 1.38. The van der Waals surface area contributed by atoms with Crippen molar-refractivity contribution in [2.75, 3.05) is 4.90 Å². The Morgan fingerprint density at radius 2 is 1.63 bits per heavy atom. The molecule has 6 rings (SSSR count). The molecule has 3 heterocycles. The first kappa shape index (κ1) is 28.6. The fraction of sp³-hybridized carbons (Fsp3) is 0.176. The maximum Gasteiger partial charge on any atom is 0.269 e. The van der Waals surface area contributed by atoms with Crippen LogP contribution in [0.4, 0.5) is 11.4 Å². The van der Waals surface area contributed by atoms with E-state index in [0.717, 1.165) is 27.6 Å². The number of rotatable bonds is 8. The minimum absolute atomic E-state index is 0.0841. The predicted molar refractivity (Wildman–Crippen MR) is 176 cm³/mol. The highest BCUT2D eigenvalue weighted by Crippen LogP contribution is 2.44. The molecule has 0 bridgehead atoms. The topological polar surface area (TPSA) is 76.2 Å². The van der Waals surface area contributed by atoms with Gasteiger partial charge < -0.3 is 14.8 Å². The standard InChI is InChI=1S/C34H31N5O2S2/c1-4-24-9-5-6-11-31(24)37-22(2)21-29(23(37)3)33-32(30-10-7-8-20-35-30)36-34(42)38(33)25-12-16-27(17-13-25)43-28-18-14-26(15-19-28)39(40)41/h5-21,32-33H,4H2,1-3H3,(H,36,42)/t32-,33+/m1/s1. The molecule has 0 amide bonds. The third-order valence-corrected chi connectivity index (χ3v) is 9.23. The molecule has 43 heavy (non-hydrogen) atoms. The van der Waals surface area contributed by atoms with Crippen LogP contribution in [-0.2, 0) is 6.42 Å². The monoisotopic (exact) mass is 605 g/mol. The Morgan fingerprint density at radius 3 is 2.28 bits per heavy atom. The second kappa shape index (κ2) is 12.0. The van der Waals surface area contributed by atoms with Crippen molar-refractivity contribution in [3.8, 4) is 5.69 Å². The van der Waals surface area contributed by atoms with Crippen LogP contribution in [0.2, 0.25) is 0 Å². The van der Waals surface area contributed by atoms with Crippen molar-refractivity contribution in [1.29, 1.82) is 0 Å². The number of nitrogens with zero attached hydrogens (tertiary/aromatic N) is 4. The van der Waals surface area contributed by atoms with Gasteiger partial charge in [0.05, 0.1) is 22.7 Å². The number of aromatic nitrogens is 2. The molecule has 2 aromatic heterocycles. The third kappa shape index (κ3) is 5.53. The number of para-hydroxylation sites is 1. The van der Waals surface area contributed by atoms with Gasteiger partial charge in [-0.2, -0.15) is 0 Å². The number of nitro benzene ring substituents is 1. The fourth-order valence-corrected chi connectivity index (χ4v) is 7.04. The van der Waals surface area contributed by atoms with Crippen molar-refractivity contribution < 1.29 is 4.92 Å². The molecule has 0 unspecified atom stereocenters. The highest BCUT2D eigenvalue weighted by atomic mass is 32.2. The van der Waals surface area contributed by atoms with Crippen molar-refractivity contribution in [3.05, 3.63) is 142 Å². The van der Waals surface area contributed by atoms with E-state index in [9.17, 15) is 10.1 Å². The van der Waals surface area contributed by atoms with Gasteiger partial charge >= 0.3 is 0 Å². The fourth-order valence-electron chi connectivity index (χ4n) is 5.88. The van der Waals surface area contributed by atoms with E-state index in [1.165, 1.54) is 40.3 Å². The SMILES string of the molecule is CCc1ccccc1-n1c(C)cc([C@H]2[C@@H](c3ccccn3)NC(=S)N2c2ccc(Sc3ccc([N+](=O)[O-])cc3)cc2)c1C. The third-order valence-electron chi connectivity index (χ3n) is 7.90. The smallest absolute Gasteiger partial charge is 0.269 e. The number of benzene rings is 3. The van der Waals surface area contributed by atoms with Gasteiger partial charge in [-0.05, 0) is 104 Å². The molecule has 3 aromatic carbocycles. The van der Waals surface area contributed by atoms with Gasteiger partial charge in [-0.1, -0.05) is 43.0 Å². The molecule has 0 aliphatic carbocycles. The Hall–Kier alpha value is -4.47. The summed E-state index contributed by atoms with van der Waals surface area (Å²) in [4.78, 5) is 19.5. The van der Waals surface area contributed by atoms with Gasteiger partial charge in [-0.3, -0.25) is 15.1 Å². The van der Waals surface area contributed by atoms with Crippen molar-refractivity contribution in [2.45, 2.75) is 49.1 Å². The molecule has 0 saturated carbocycles. The number of hydrogen-bond acceptors (Lipinski definition) is 5. The van der Waals surface area contributed by atoms with Crippen LogP contribution in [0.1, 0.15) is 47.2 Å². The molecule has 1 saturated heterocycles. The summed E-state index contributed by atoms with van der Waals surface area (Å²) in [6.45, 7) is 6.54. The maximum absolute atomic E-state index is 11.0. The summed E-state index contributed by atoms with van der Waals surface area (Å²) in [7, 11) is 0. The zero-order valence-corrected chi connectivity index (χ0v) is 25.7. The van der Waals surface area contributed by atoms with Crippen molar-refractivity contribution >= 4 is 40.5 Å². The number of non-ortho nitro benzene ring substituents is 1. The Labute approximate surface area is 260 Å². The second-order valence-electron chi connectivity index (χ2n) is 10.5. The normalized spacial score (nSPS) is 16.3. The first-order valence-electron chi connectivity index (χ1n) is 14.2. The first-order valence-corrected chi connectivity index (χ1v) is 15.4. The number of nitro groups is 1. The van der Waals surface area contributed by atoms with Gasteiger partial charge in [0.25, 0.3) is 5.69 Å². The van der Waals surface area contributed by atoms with Crippen LogP contribution in [0.3, 0.4) is 0 Å². The Bertz CT molecular complexity index is 1790. The minimum atomic E-state index is -0.384. The number of thiocarbonyl (C=S) groups is 1. The van der Waals surface area contributed by atoms with E-state index < -0.39 is 0 Å². The molecule has 216 valence electrons. The zero-order chi connectivity index (χ0) is 30.1. The summed E-state index contributed by atoms with van der Waals surface area (Å²) in [6, 6.07) is 31.5. The summed E-state index contributed by atoms with van der Waals surface area (Å²) in [5.41, 5.74) is 8.03. The molecule has 5 aromatic rings. The molecule has 2 atom stereocenters. The van der Waals surface area contributed by atoms with Gasteiger partial charge in [0.15, 0.2) is 5.11 Å². The van der Waals surface area contributed by atoms with E-state index in [4.69, 9.17) is 17.2 Å². The summed E-state index contributed by atoms with van der Waals surface area (Å²) in [5.74, 6) is 0. The van der Waals surface area contributed by atoms with Crippen LogP contribution < -0.4 is 10.2 Å². The van der Waals surface area contributed by atoms with E-state index in [1.54, 1.807) is 23.9 Å². The van der Waals surface area contributed by atoms with E-state index in [-0.39, 0.29) is 22.7 Å². The molecule has 0 spiro atoms. The van der Waals surface area contributed by atoms with Crippen LogP contribution in [0.5, 0.6) is 0 Å². The Morgan fingerprint density at radius 1 is 0.953 bits per heavy atom. The lowest BCUT2D eigenvalue weighted by Gasteiger charge is -2.28. The van der Waals surface area contributed by atoms with Gasteiger partial charge in [-0.15, -0.1) is 0 Å². The van der Waals surface area contributed by atoms with E-state index >= 15 is 0 Å². The maximum atomic E-state index is 11.0. The Kier molecular flexibility index (Phi) is 8.01. The lowest BCUT2D eigenvalue weighted by Crippen LogP contribution is -2.29. The highest BCUT2D eigenvalue weighted by Gasteiger charge is 2.42. The van der Waals surface area contributed by atoms with Gasteiger partial charge in [0.1, 0.15) is 0 Å². The average molecular weight is 606 g/mol. The molecule has 1 fully saturated rings. The highest BCUT2D eigenvalue weighted by molar-refractivity contribution is 7.99. The molecular formula is C34H31N5O2S2.